The molecule has 64 valence electrons. The standard InChI is InChI=1S/C8H8O4/c9-5-8(11)12-7-3-1-6(10)2-4-7/h1-4,9-10H,5H2. The largest absolute Gasteiger partial charge is 0.508 e. The molecule has 0 fully saturated rings. The number of phenolic OH excluding ortho intramolecular Hbond substituents is 1. The molecule has 0 heterocycles. The number of aromatic hydroxyl groups is 1. The molecular formula is C8H8O4. The Balaban J connectivity index is 2.64. The molecule has 0 aromatic heterocycles. The van der Waals surface area contributed by atoms with Crippen LogP contribution in [0.2, 0.25) is 0 Å². The molecule has 1 aromatic rings. The Bertz CT molecular complexity index is 265. The molecule has 4 heteroatoms. The van der Waals surface area contributed by atoms with Gasteiger partial charge in [-0.3, -0.25) is 0 Å². The first-order valence-electron chi connectivity index (χ1n) is 3.33. The molecule has 0 aliphatic heterocycles. The summed E-state index contributed by atoms with van der Waals surface area (Å²) in [6, 6.07) is 5.64. The quantitative estimate of drug-likeness (QED) is 0.492. The minimum absolute atomic E-state index is 0.0961. The average molecular weight is 168 g/mol. The van der Waals surface area contributed by atoms with Gasteiger partial charge < -0.3 is 14.9 Å². The number of benzene rings is 1. The first-order chi connectivity index (χ1) is 5.72. The number of rotatable bonds is 2. The van der Waals surface area contributed by atoms with Gasteiger partial charge in [-0.05, 0) is 24.3 Å². The van der Waals surface area contributed by atoms with Gasteiger partial charge in [-0.15, -0.1) is 0 Å². The summed E-state index contributed by atoms with van der Waals surface area (Å²) in [5, 5.41) is 17.2. The fraction of sp³-hybridized carbons (Fsp3) is 0.125. The number of ether oxygens (including phenoxy) is 1. The number of carbonyl (C=O) groups excluding carboxylic acids is 1. The van der Waals surface area contributed by atoms with Crippen molar-refractivity contribution in [1.29, 1.82) is 0 Å². The van der Waals surface area contributed by atoms with Crippen molar-refractivity contribution in [3.8, 4) is 11.5 Å². The first-order valence-corrected chi connectivity index (χ1v) is 3.33. The minimum atomic E-state index is -0.722. The maximum atomic E-state index is 10.5. The summed E-state index contributed by atoms with van der Waals surface area (Å²) in [6.07, 6.45) is 0. The van der Waals surface area contributed by atoms with E-state index < -0.39 is 12.6 Å². The normalized spacial score (nSPS) is 9.42. The maximum absolute atomic E-state index is 10.5. The zero-order valence-electron chi connectivity index (χ0n) is 6.23. The highest BCUT2D eigenvalue weighted by atomic mass is 16.5. The number of hydrogen-bond acceptors (Lipinski definition) is 4. The van der Waals surface area contributed by atoms with Crippen molar-refractivity contribution < 1.29 is 19.7 Å². The van der Waals surface area contributed by atoms with Crippen molar-refractivity contribution in [2.45, 2.75) is 0 Å². The number of phenols is 1. The molecule has 2 N–H and O–H groups in total. The van der Waals surface area contributed by atoms with E-state index >= 15 is 0 Å². The van der Waals surface area contributed by atoms with E-state index in [9.17, 15) is 4.79 Å². The lowest BCUT2D eigenvalue weighted by Gasteiger charge is -2.00. The summed E-state index contributed by atoms with van der Waals surface area (Å²) < 4.78 is 4.62. The highest BCUT2D eigenvalue weighted by Gasteiger charge is 2.01. The van der Waals surface area contributed by atoms with Crippen LogP contribution in [0.5, 0.6) is 11.5 Å². The third-order valence-electron chi connectivity index (χ3n) is 1.20. The molecule has 1 aromatic carbocycles. The van der Waals surface area contributed by atoms with Crippen LogP contribution in [0.1, 0.15) is 0 Å². The topological polar surface area (TPSA) is 66.8 Å². The number of esters is 1. The van der Waals surface area contributed by atoms with Crippen LogP contribution in [0, 0.1) is 0 Å². The Morgan fingerprint density at radius 1 is 1.33 bits per heavy atom. The van der Waals surface area contributed by atoms with Gasteiger partial charge in [0.2, 0.25) is 0 Å². The summed E-state index contributed by atoms with van der Waals surface area (Å²) in [5.74, 6) is -0.327. The highest BCUT2D eigenvalue weighted by Crippen LogP contribution is 2.15. The second-order valence-electron chi connectivity index (χ2n) is 2.13. The van der Waals surface area contributed by atoms with Gasteiger partial charge >= 0.3 is 5.97 Å². The molecule has 0 amide bonds. The lowest BCUT2D eigenvalue weighted by Crippen LogP contribution is -2.11. The van der Waals surface area contributed by atoms with E-state index in [2.05, 4.69) is 4.74 Å². The SMILES string of the molecule is O=C(CO)Oc1ccc(O)cc1. The van der Waals surface area contributed by atoms with Gasteiger partial charge in [-0.1, -0.05) is 0 Å². The van der Waals surface area contributed by atoms with E-state index in [1.54, 1.807) is 0 Å². The predicted molar refractivity (Wildman–Crippen MR) is 40.8 cm³/mol. The molecule has 0 aliphatic rings. The molecule has 12 heavy (non-hydrogen) atoms. The van der Waals surface area contributed by atoms with Crippen LogP contribution < -0.4 is 4.74 Å². The third kappa shape index (κ3) is 2.25. The number of carbonyl (C=O) groups is 1. The van der Waals surface area contributed by atoms with Crippen LogP contribution in [-0.4, -0.2) is 22.8 Å². The van der Waals surface area contributed by atoms with E-state index in [0.717, 1.165) is 0 Å². The molecule has 0 saturated carbocycles. The summed E-state index contributed by atoms with van der Waals surface area (Å²) >= 11 is 0. The Kier molecular flexibility index (Phi) is 2.66. The zero-order valence-corrected chi connectivity index (χ0v) is 6.23. The Morgan fingerprint density at radius 3 is 2.42 bits per heavy atom. The molecule has 4 nitrogen and oxygen atoms in total. The molecule has 0 atom stereocenters. The predicted octanol–water partition coefficient (Wildman–Crippen LogP) is 0.290. The van der Waals surface area contributed by atoms with Gasteiger partial charge in [0.15, 0.2) is 0 Å². The van der Waals surface area contributed by atoms with Gasteiger partial charge in [0.1, 0.15) is 18.1 Å². The second-order valence-corrected chi connectivity index (χ2v) is 2.13. The van der Waals surface area contributed by atoms with Gasteiger partial charge in [-0.2, -0.15) is 0 Å². The summed E-state index contributed by atoms with van der Waals surface area (Å²) in [4.78, 5) is 10.5. The molecule has 0 spiro atoms. The first kappa shape index (κ1) is 8.55. The van der Waals surface area contributed by atoms with Crippen molar-refractivity contribution in [3.05, 3.63) is 24.3 Å². The molecule has 0 unspecified atom stereocenters. The van der Waals surface area contributed by atoms with Crippen molar-refractivity contribution >= 4 is 5.97 Å². The van der Waals surface area contributed by atoms with E-state index in [-0.39, 0.29) is 5.75 Å². The highest BCUT2D eigenvalue weighted by molar-refractivity contribution is 5.73. The summed E-state index contributed by atoms with van der Waals surface area (Å²) in [7, 11) is 0. The molecule has 0 bridgehead atoms. The van der Waals surface area contributed by atoms with Crippen LogP contribution in [0.3, 0.4) is 0 Å². The molecule has 0 aliphatic carbocycles. The van der Waals surface area contributed by atoms with E-state index in [1.165, 1.54) is 24.3 Å². The van der Waals surface area contributed by atoms with Crippen LogP contribution in [0.4, 0.5) is 0 Å². The fourth-order valence-electron chi connectivity index (χ4n) is 0.678. The van der Waals surface area contributed by atoms with Gasteiger partial charge in [0.05, 0.1) is 0 Å². The number of aliphatic hydroxyl groups excluding tert-OH is 1. The smallest absolute Gasteiger partial charge is 0.337 e. The summed E-state index contributed by atoms with van der Waals surface area (Å²) in [5.41, 5.74) is 0. The van der Waals surface area contributed by atoms with E-state index in [0.29, 0.717) is 5.75 Å². The lowest BCUT2D eigenvalue weighted by atomic mass is 10.3. The van der Waals surface area contributed by atoms with Crippen molar-refractivity contribution in [1.82, 2.24) is 0 Å². The van der Waals surface area contributed by atoms with Gasteiger partial charge in [0.25, 0.3) is 0 Å². The number of aliphatic hydroxyl groups is 1. The maximum Gasteiger partial charge on any atom is 0.337 e. The molecule has 0 saturated heterocycles. The number of hydrogen-bond donors (Lipinski definition) is 2. The van der Waals surface area contributed by atoms with Gasteiger partial charge in [-0.25, -0.2) is 4.79 Å². The Labute approximate surface area is 69.0 Å². The van der Waals surface area contributed by atoms with Crippen molar-refractivity contribution in [2.24, 2.45) is 0 Å². The average Bonchev–Trinajstić information content (AvgIpc) is 2.09. The fourth-order valence-corrected chi connectivity index (χ4v) is 0.678. The van der Waals surface area contributed by atoms with E-state index in [4.69, 9.17) is 10.2 Å². The van der Waals surface area contributed by atoms with Crippen molar-refractivity contribution in [3.63, 3.8) is 0 Å². The lowest BCUT2D eigenvalue weighted by molar-refractivity contribution is -0.137. The monoisotopic (exact) mass is 168 g/mol. The third-order valence-corrected chi connectivity index (χ3v) is 1.20. The Hall–Kier alpha value is -1.55. The van der Waals surface area contributed by atoms with Crippen LogP contribution in [-0.2, 0) is 4.79 Å². The van der Waals surface area contributed by atoms with Gasteiger partial charge in [0, 0.05) is 0 Å². The Morgan fingerprint density at radius 2 is 1.92 bits per heavy atom. The molecule has 1 rings (SSSR count). The van der Waals surface area contributed by atoms with Crippen LogP contribution >= 0.6 is 0 Å². The van der Waals surface area contributed by atoms with Crippen molar-refractivity contribution in [2.75, 3.05) is 6.61 Å². The second kappa shape index (κ2) is 3.73. The minimum Gasteiger partial charge on any atom is -0.508 e. The summed E-state index contributed by atoms with van der Waals surface area (Å²) in [6.45, 7) is -0.652. The van der Waals surface area contributed by atoms with Crippen LogP contribution in [0.25, 0.3) is 0 Å². The molecule has 0 radical (unpaired) electrons. The zero-order chi connectivity index (χ0) is 8.97. The van der Waals surface area contributed by atoms with Crippen LogP contribution in [0.15, 0.2) is 24.3 Å². The molecular weight excluding hydrogens is 160 g/mol. The van der Waals surface area contributed by atoms with E-state index in [1.807, 2.05) is 0 Å².